The molecule has 0 unspecified atom stereocenters. The molecule has 3 amide bonds. The van der Waals surface area contributed by atoms with Crippen molar-refractivity contribution in [1.29, 1.82) is 0 Å². The summed E-state index contributed by atoms with van der Waals surface area (Å²) < 4.78 is 0. The Morgan fingerprint density at radius 3 is 2.59 bits per heavy atom. The van der Waals surface area contributed by atoms with E-state index in [1.165, 1.54) is 6.92 Å². The molecule has 2 aromatic rings. The van der Waals surface area contributed by atoms with Gasteiger partial charge in [-0.1, -0.05) is 18.2 Å². The topological polar surface area (TPSA) is 78.5 Å². The number of hydrogen-bond donors (Lipinski definition) is 2. The van der Waals surface area contributed by atoms with Crippen LogP contribution in [0.3, 0.4) is 0 Å². The molecule has 0 spiro atoms. The molecule has 3 rings (SSSR count). The van der Waals surface area contributed by atoms with E-state index in [9.17, 15) is 14.4 Å². The van der Waals surface area contributed by atoms with Gasteiger partial charge in [0.15, 0.2) is 0 Å². The summed E-state index contributed by atoms with van der Waals surface area (Å²) in [6, 6.07) is 13.0. The Bertz CT molecular complexity index is 907. The second kappa shape index (κ2) is 7.61. The van der Waals surface area contributed by atoms with E-state index < -0.39 is 5.92 Å². The van der Waals surface area contributed by atoms with Crippen molar-refractivity contribution in [3.05, 3.63) is 53.6 Å². The van der Waals surface area contributed by atoms with E-state index in [1.54, 1.807) is 29.2 Å². The van der Waals surface area contributed by atoms with Crippen molar-refractivity contribution in [1.82, 2.24) is 0 Å². The first kappa shape index (κ1) is 18.6. The van der Waals surface area contributed by atoms with Gasteiger partial charge >= 0.3 is 0 Å². The summed E-state index contributed by atoms with van der Waals surface area (Å²) in [6.45, 7) is 5.66. The third kappa shape index (κ3) is 4.34. The molecule has 1 heterocycles. The highest BCUT2D eigenvalue weighted by Crippen LogP contribution is 2.28. The molecule has 1 aliphatic heterocycles. The smallest absolute Gasteiger partial charge is 0.229 e. The highest BCUT2D eigenvalue weighted by Gasteiger charge is 2.35. The Morgan fingerprint density at radius 1 is 1.07 bits per heavy atom. The van der Waals surface area contributed by atoms with E-state index >= 15 is 0 Å². The number of rotatable bonds is 4. The predicted octanol–water partition coefficient (Wildman–Crippen LogP) is 3.25. The standard InChI is InChI=1S/C21H23N3O3/c1-13-7-8-14(2)19(9-13)23-21(27)16-10-20(26)24(12-16)18-6-4-5-17(11-18)22-15(3)25/h4-9,11,16H,10,12H2,1-3H3,(H,22,25)(H,23,27)/t16-/m1/s1. The van der Waals surface area contributed by atoms with Gasteiger partial charge in [-0.05, 0) is 49.2 Å². The van der Waals surface area contributed by atoms with Gasteiger partial charge in [-0.25, -0.2) is 0 Å². The zero-order valence-electron chi connectivity index (χ0n) is 15.7. The largest absolute Gasteiger partial charge is 0.326 e. The third-order valence-corrected chi connectivity index (χ3v) is 4.62. The van der Waals surface area contributed by atoms with Crippen LogP contribution < -0.4 is 15.5 Å². The van der Waals surface area contributed by atoms with Crippen molar-refractivity contribution in [2.75, 3.05) is 22.1 Å². The van der Waals surface area contributed by atoms with Crippen LogP contribution in [0.1, 0.15) is 24.5 Å². The van der Waals surface area contributed by atoms with E-state index in [-0.39, 0.29) is 24.1 Å². The number of benzene rings is 2. The molecule has 2 N–H and O–H groups in total. The van der Waals surface area contributed by atoms with Gasteiger partial charge in [-0.2, -0.15) is 0 Å². The van der Waals surface area contributed by atoms with Gasteiger partial charge in [0.2, 0.25) is 17.7 Å². The third-order valence-electron chi connectivity index (χ3n) is 4.62. The lowest BCUT2D eigenvalue weighted by Gasteiger charge is -2.18. The molecule has 140 valence electrons. The molecule has 1 fully saturated rings. The van der Waals surface area contributed by atoms with E-state index in [1.807, 2.05) is 32.0 Å². The minimum absolute atomic E-state index is 0.101. The van der Waals surface area contributed by atoms with Crippen molar-refractivity contribution >= 4 is 34.8 Å². The van der Waals surface area contributed by atoms with E-state index in [4.69, 9.17) is 0 Å². The zero-order chi connectivity index (χ0) is 19.6. The van der Waals surface area contributed by atoms with Crippen LogP contribution in [0.2, 0.25) is 0 Å². The Balaban J connectivity index is 1.72. The number of hydrogen-bond acceptors (Lipinski definition) is 3. The molecule has 0 aliphatic carbocycles. The molecule has 0 radical (unpaired) electrons. The average Bonchev–Trinajstić information content (AvgIpc) is 3.00. The maximum absolute atomic E-state index is 12.7. The van der Waals surface area contributed by atoms with Crippen LogP contribution in [-0.4, -0.2) is 24.3 Å². The first-order chi connectivity index (χ1) is 12.8. The van der Waals surface area contributed by atoms with Gasteiger partial charge in [-0.3, -0.25) is 14.4 Å². The zero-order valence-corrected chi connectivity index (χ0v) is 15.7. The Hall–Kier alpha value is -3.15. The molecule has 0 aromatic heterocycles. The summed E-state index contributed by atoms with van der Waals surface area (Å²) in [5.41, 5.74) is 4.12. The van der Waals surface area contributed by atoms with Gasteiger partial charge < -0.3 is 15.5 Å². The Kier molecular flexibility index (Phi) is 5.26. The molecule has 1 atom stereocenters. The quantitative estimate of drug-likeness (QED) is 0.873. The summed E-state index contributed by atoms with van der Waals surface area (Å²) in [5.74, 6) is -0.846. The van der Waals surface area contributed by atoms with E-state index in [0.717, 1.165) is 16.8 Å². The number of aryl methyl sites for hydroxylation is 2. The Labute approximate surface area is 158 Å². The lowest BCUT2D eigenvalue weighted by atomic mass is 10.1. The van der Waals surface area contributed by atoms with Gasteiger partial charge in [0.05, 0.1) is 5.92 Å². The maximum atomic E-state index is 12.7. The van der Waals surface area contributed by atoms with Crippen molar-refractivity contribution in [3.8, 4) is 0 Å². The first-order valence-electron chi connectivity index (χ1n) is 8.89. The summed E-state index contributed by atoms with van der Waals surface area (Å²) in [4.78, 5) is 37.9. The minimum Gasteiger partial charge on any atom is -0.326 e. The molecule has 1 saturated heterocycles. The molecule has 0 bridgehead atoms. The highest BCUT2D eigenvalue weighted by atomic mass is 16.2. The van der Waals surface area contributed by atoms with Gasteiger partial charge in [0.1, 0.15) is 0 Å². The fourth-order valence-electron chi connectivity index (χ4n) is 3.19. The fourth-order valence-corrected chi connectivity index (χ4v) is 3.19. The number of anilines is 3. The van der Waals surface area contributed by atoms with E-state index in [0.29, 0.717) is 17.9 Å². The lowest BCUT2D eigenvalue weighted by molar-refractivity contribution is -0.122. The Morgan fingerprint density at radius 2 is 1.85 bits per heavy atom. The molecule has 2 aromatic carbocycles. The van der Waals surface area contributed by atoms with Crippen LogP contribution in [0, 0.1) is 19.8 Å². The minimum atomic E-state index is -0.415. The van der Waals surface area contributed by atoms with Crippen molar-refractivity contribution < 1.29 is 14.4 Å². The second-order valence-electron chi connectivity index (χ2n) is 6.94. The van der Waals surface area contributed by atoms with Crippen LogP contribution in [0.15, 0.2) is 42.5 Å². The summed E-state index contributed by atoms with van der Waals surface area (Å²) >= 11 is 0. The monoisotopic (exact) mass is 365 g/mol. The van der Waals surface area contributed by atoms with Crippen LogP contribution in [-0.2, 0) is 14.4 Å². The van der Waals surface area contributed by atoms with Crippen LogP contribution in [0.5, 0.6) is 0 Å². The van der Waals surface area contributed by atoms with Crippen molar-refractivity contribution in [3.63, 3.8) is 0 Å². The SMILES string of the molecule is CC(=O)Nc1cccc(N2C[C@H](C(=O)Nc3cc(C)ccc3C)CC2=O)c1. The molecule has 6 nitrogen and oxygen atoms in total. The molecule has 6 heteroatoms. The first-order valence-corrected chi connectivity index (χ1v) is 8.89. The van der Waals surface area contributed by atoms with Crippen LogP contribution >= 0.6 is 0 Å². The van der Waals surface area contributed by atoms with Crippen LogP contribution in [0.25, 0.3) is 0 Å². The van der Waals surface area contributed by atoms with E-state index in [2.05, 4.69) is 10.6 Å². The molecular weight excluding hydrogens is 342 g/mol. The summed E-state index contributed by atoms with van der Waals surface area (Å²) in [6.07, 6.45) is 0.168. The number of amides is 3. The van der Waals surface area contributed by atoms with Gasteiger partial charge in [-0.15, -0.1) is 0 Å². The second-order valence-corrected chi connectivity index (χ2v) is 6.94. The van der Waals surface area contributed by atoms with Crippen molar-refractivity contribution in [2.24, 2.45) is 5.92 Å². The highest BCUT2D eigenvalue weighted by molar-refractivity contribution is 6.04. The van der Waals surface area contributed by atoms with Crippen LogP contribution in [0.4, 0.5) is 17.1 Å². The van der Waals surface area contributed by atoms with Crippen molar-refractivity contribution in [2.45, 2.75) is 27.2 Å². The maximum Gasteiger partial charge on any atom is 0.229 e. The number of nitrogens with zero attached hydrogens (tertiary/aromatic N) is 1. The lowest BCUT2D eigenvalue weighted by Crippen LogP contribution is -2.28. The van der Waals surface area contributed by atoms with Gasteiger partial charge in [0, 0.05) is 37.0 Å². The molecule has 0 saturated carbocycles. The number of carbonyl (C=O) groups is 3. The number of nitrogens with one attached hydrogen (secondary N) is 2. The summed E-state index contributed by atoms with van der Waals surface area (Å²) in [5, 5.41) is 5.65. The summed E-state index contributed by atoms with van der Waals surface area (Å²) in [7, 11) is 0. The molecular formula is C21H23N3O3. The fraction of sp³-hybridized carbons (Fsp3) is 0.286. The average molecular weight is 365 g/mol. The molecule has 27 heavy (non-hydrogen) atoms. The number of carbonyl (C=O) groups excluding carboxylic acids is 3. The predicted molar refractivity (Wildman–Crippen MR) is 106 cm³/mol. The normalized spacial score (nSPS) is 16.3. The van der Waals surface area contributed by atoms with Gasteiger partial charge in [0.25, 0.3) is 0 Å². The molecule has 1 aliphatic rings.